The lowest BCUT2D eigenvalue weighted by atomic mass is 10.2. The van der Waals surface area contributed by atoms with Crippen LogP contribution in [0.4, 0.5) is 0 Å². The fourth-order valence-corrected chi connectivity index (χ4v) is 1.01. The predicted octanol–water partition coefficient (Wildman–Crippen LogP) is 0.953. The van der Waals surface area contributed by atoms with E-state index in [4.69, 9.17) is 9.47 Å². The van der Waals surface area contributed by atoms with E-state index in [1.165, 1.54) is 0 Å². The zero-order valence-electron chi connectivity index (χ0n) is 9.50. The Bertz CT molecular complexity index is 161. The quantitative estimate of drug-likeness (QED) is 0.626. The Labute approximate surface area is 86.0 Å². The number of esters is 1. The SMILES string of the molecule is CCOC(=O)CCNC(C)C(C)OC. The van der Waals surface area contributed by atoms with Gasteiger partial charge in [-0.15, -0.1) is 0 Å². The molecule has 0 fully saturated rings. The summed E-state index contributed by atoms with van der Waals surface area (Å²) in [5, 5.41) is 3.20. The van der Waals surface area contributed by atoms with Crippen molar-refractivity contribution in [3.05, 3.63) is 0 Å². The van der Waals surface area contributed by atoms with Gasteiger partial charge in [-0.25, -0.2) is 0 Å². The fourth-order valence-electron chi connectivity index (χ4n) is 1.01. The number of methoxy groups -OCH3 is 1. The first-order chi connectivity index (χ1) is 6.61. The summed E-state index contributed by atoms with van der Waals surface area (Å²) < 4.78 is 9.94. The molecule has 14 heavy (non-hydrogen) atoms. The van der Waals surface area contributed by atoms with Crippen LogP contribution in [0.1, 0.15) is 27.2 Å². The molecule has 2 atom stereocenters. The highest BCUT2D eigenvalue weighted by atomic mass is 16.5. The summed E-state index contributed by atoms with van der Waals surface area (Å²) in [5.41, 5.74) is 0. The van der Waals surface area contributed by atoms with Gasteiger partial charge in [-0.2, -0.15) is 0 Å². The van der Waals surface area contributed by atoms with Crippen molar-refractivity contribution in [1.82, 2.24) is 5.32 Å². The lowest BCUT2D eigenvalue weighted by molar-refractivity contribution is -0.143. The Morgan fingerprint density at radius 1 is 1.43 bits per heavy atom. The zero-order valence-corrected chi connectivity index (χ0v) is 9.50. The van der Waals surface area contributed by atoms with Gasteiger partial charge in [0.05, 0.1) is 19.1 Å². The molecule has 0 aromatic rings. The van der Waals surface area contributed by atoms with E-state index in [1.54, 1.807) is 14.0 Å². The van der Waals surface area contributed by atoms with Crippen LogP contribution in [0.3, 0.4) is 0 Å². The molecule has 0 rings (SSSR count). The lowest BCUT2D eigenvalue weighted by Gasteiger charge is -2.19. The Kier molecular flexibility index (Phi) is 7.42. The number of hydrogen-bond acceptors (Lipinski definition) is 4. The third-order valence-corrected chi connectivity index (χ3v) is 2.18. The molecule has 0 aromatic heterocycles. The minimum Gasteiger partial charge on any atom is -0.466 e. The van der Waals surface area contributed by atoms with Gasteiger partial charge >= 0.3 is 5.97 Å². The second-order valence-electron chi connectivity index (χ2n) is 3.24. The largest absolute Gasteiger partial charge is 0.466 e. The third kappa shape index (κ3) is 5.94. The van der Waals surface area contributed by atoms with Crippen LogP contribution in [0, 0.1) is 0 Å². The summed E-state index contributed by atoms with van der Waals surface area (Å²) in [5.74, 6) is -0.155. The second kappa shape index (κ2) is 7.76. The van der Waals surface area contributed by atoms with E-state index in [2.05, 4.69) is 5.32 Å². The van der Waals surface area contributed by atoms with Gasteiger partial charge < -0.3 is 14.8 Å². The topological polar surface area (TPSA) is 47.6 Å². The van der Waals surface area contributed by atoms with E-state index in [9.17, 15) is 4.79 Å². The molecule has 0 heterocycles. The van der Waals surface area contributed by atoms with Crippen LogP contribution in [0.5, 0.6) is 0 Å². The van der Waals surface area contributed by atoms with Gasteiger partial charge in [-0.1, -0.05) is 0 Å². The zero-order chi connectivity index (χ0) is 11.0. The van der Waals surface area contributed by atoms with Crippen molar-refractivity contribution in [2.24, 2.45) is 0 Å². The van der Waals surface area contributed by atoms with E-state index >= 15 is 0 Å². The van der Waals surface area contributed by atoms with Crippen molar-refractivity contribution in [2.75, 3.05) is 20.3 Å². The summed E-state index contributed by atoms with van der Waals surface area (Å²) in [7, 11) is 1.67. The maximum Gasteiger partial charge on any atom is 0.307 e. The minimum atomic E-state index is -0.155. The van der Waals surface area contributed by atoms with Crippen LogP contribution in [-0.4, -0.2) is 38.4 Å². The first-order valence-corrected chi connectivity index (χ1v) is 5.03. The van der Waals surface area contributed by atoms with Gasteiger partial charge in [-0.05, 0) is 20.8 Å². The molecule has 0 amide bonds. The standard InChI is InChI=1S/C10H21NO3/c1-5-14-10(12)6-7-11-8(2)9(3)13-4/h8-9,11H,5-7H2,1-4H3. The number of rotatable bonds is 7. The van der Waals surface area contributed by atoms with E-state index in [0.717, 1.165) is 0 Å². The van der Waals surface area contributed by atoms with E-state index < -0.39 is 0 Å². The van der Waals surface area contributed by atoms with Crippen molar-refractivity contribution in [2.45, 2.75) is 39.3 Å². The lowest BCUT2D eigenvalue weighted by Crippen LogP contribution is -2.37. The second-order valence-corrected chi connectivity index (χ2v) is 3.24. The highest BCUT2D eigenvalue weighted by molar-refractivity contribution is 5.69. The molecule has 0 saturated heterocycles. The Morgan fingerprint density at radius 2 is 2.07 bits per heavy atom. The smallest absolute Gasteiger partial charge is 0.307 e. The molecule has 2 unspecified atom stereocenters. The van der Waals surface area contributed by atoms with E-state index in [-0.39, 0.29) is 18.1 Å². The normalized spacial score (nSPS) is 14.9. The maximum absolute atomic E-state index is 11.0. The summed E-state index contributed by atoms with van der Waals surface area (Å²) in [6.07, 6.45) is 0.562. The van der Waals surface area contributed by atoms with E-state index in [0.29, 0.717) is 19.6 Å². The number of carbonyl (C=O) groups excluding carboxylic acids is 1. The molecule has 0 radical (unpaired) electrons. The number of nitrogens with one attached hydrogen (secondary N) is 1. The monoisotopic (exact) mass is 203 g/mol. The average Bonchev–Trinajstić information content (AvgIpc) is 2.16. The number of carbonyl (C=O) groups is 1. The summed E-state index contributed by atoms with van der Waals surface area (Å²) in [6, 6.07) is 0.245. The molecule has 0 saturated carbocycles. The van der Waals surface area contributed by atoms with Crippen LogP contribution in [-0.2, 0) is 14.3 Å². The Hall–Kier alpha value is -0.610. The van der Waals surface area contributed by atoms with Gasteiger partial charge in [0, 0.05) is 19.7 Å². The molecule has 0 aromatic carbocycles. The molecule has 0 aliphatic heterocycles. The van der Waals surface area contributed by atoms with Gasteiger partial charge in [-0.3, -0.25) is 4.79 Å². The minimum absolute atomic E-state index is 0.150. The highest BCUT2D eigenvalue weighted by Gasteiger charge is 2.10. The highest BCUT2D eigenvalue weighted by Crippen LogP contribution is 1.96. The van der Waals surface area contributed by atoms with Crippen LogP contribution >= 0.6 is 0 Å². The van der Waals surface area contributed by atoms with Crippen molar-refractivity contribution in [3.8, 4) is 0 Å². The van der Waals surface area contributed by atoms with Crippen LogP contribution in [0.2, 0.25) is 0 Å². The van der Waals surface area contributed by atoms with E-state index in [1.807, 2.05) is 13.8 Å². The van der Waals surface area contributed by atoms with Crippen molar-refractivity contribution < 1.29 is 14.3 Å². The molecule has 4 heteroatoms. The van der Waals surface area contributed by atoms with Gasteiger partial charge in [0.25, 0.3) is 0 Å². The molecule has 84 valence electrons. The van der Waals surface area contributed by atoms with Crippen molar-refractivity contribution in [3.63, 3.8) is 0 Å². The Morgan fingerprint density at radius 3 is 2.57 bits per heavy atom. The molecular formula is C10H21NO3. The molecule has 0 aliphatic carbocycles. The molecule has 0 bridgehead atoms. The first kappa shape index (κ1) is 13.4. The van der Waals surface area contributed by atoms with Gasteiger partial charge in [0.1, 0.15) is 0 Å². The summed E-state index contributed by atoms with van der Waals surface area (Å²) >= 11 is 0. The molecule has 1 N–H and O–H groups in total. The van der Waals surface area contributed by atoms with Crippen LogP contribution in [0.25, 0.3) is 0 Å². The third-order valence-electron chi connectivity index (χ3n) is 2.18. The molecule has 4 nitrogen and oxygen atoms in total. The molecule has 0 spiro atoms. The number of hydrogen-bond donors (Lipinski definition) is 1. The molecular weight excluding hydrogens is 182 g/mol. The summed E-state index contributed by atoms with van der Waals surface area (Å²) in [4.78, 5) is 11.0. The van der Waals surface area contributed by atoms with Crippen LogP contribution in [0.15, 0.2) is 0 Å². The van der Waals surface area contributed by atoms with Crippen molar-refractivity contribution in [1.29, 1.82) is 0 Å². The fraction of sp³-hybridized carbons (Fsp3) is 0.900. The maximum atomic E-state index is 11.0. The average molecular weight is 203 g/mol. The Balaban J connectivity index is 3.48. The predicted molar refractivity (Wildman–Crippen MR) is 55.2 cm³/mol. The van der Waals surface area contributed by atoms with Gasteiger partial charge in [0.2, 0.25) is 0 Å². The van der Waals surface area contributed by atoms with Crippen molar-refractivity contribution >= 4 is 5.97 Å². The molecule has 0 aliphatic rings. The number of ether oxygens (including phenoxy) is 2. The first-order valence-electron chi connectivity index (χ1n) is 5.03. The van der Waals surface area contributed by atoms with Gasteiger partial charge in [0.15, 0.2) is 0 Å². The van der Waals surface area contributed by atoms with Crippen LogP contribution < -0.4 is 5.32 Å². The summed E-state index contributed by atoms with van der Waals surface area (Å²) in [6.45, 7) is 6.90.